The summed E-state index contributed by atoms with van der Waals surface area (Å²) in [5.41, 5.74) is 3.13. The highest BCUT2D eigenvalue weighted by atomic mass is 16.5. The van der Waals surface area contributed by atoms with Crippen molar-refractivity contribution in [1.82, 2.24) is 19.8 Å². The number of aldehydes is 1. The fourth-order valence-corrected chi connectivity index (χ4v) is 5.42. The summed E-state index contributed by atoms with van der Waals surface area (Å²) in [5, 5.41) is 12.6. The average molecular weight is 517 g/mol. The van der Waals surface area contributed by atoms with Gasteiger partial charge in [0.2, 0.25) is 0 Å². The number of allylic oxidation sites excluding steroid dienone is 1. The SMILES string of the molecule is C[C@H](CN(C)C)Oc1nc2c(c(N3CCN(C=CC=O)CC3)n1)CCN(c1cc(O)cc3ccccc13)C2. The number of hydrogen-bond acceptors (Lipinski definition) is 9. The Kier molecular flexibility index (Phi) is 7.64. The van der Waals surface area contributed by atoms with Gasteiger partial charge in [0.05, 0.1) is 12.2 Å². The number of phenols is 1. The Balaban J connectivity index is 1.47. The monoisotopic (exact) mass is 516 g/mol. The van der Waals surface area contributed by atoms with Gasteiger partial charge in [-0.05, 0) is 45.0 Å². The van der Waals surface area contributed by atoms with Gasteiger partial charge < -0.3 is 29.4 Å². The topological polar surface area (TPSA) is 85.3 Å². The molecule has 9 nitrogen and oxygen atoms in total. The lowest BCUT2D eigenvalue weighted by molar-refractivity contribution is -0.104. The van der Waals surface area contributed by atoms with Crippen molar-refractivity contribution in [1.29, 1.82) is 0 Å². The van der Waals surface area contributed by atoms with Crippen LogP contribution in [0.15, 0.2) is 48.7 Å². The van der Waals surface area contributed by atoms with E-state index in [1.807, 2.05) is 51.5 Å². The molecular formula is C29H36N6O3. The molecule has 5 rings (SSSR count). The van der Waals surface area contributed by atoms with Crippen LogP contribution < -0.4 is 14.5 Å². The van der Waals surface area contributed by atoms with E-state index in [0.29, 0.717) is 12.6 Å². The van der Waals surface area contributed by atoms with E-state index >= 15 is 0 Å². The lowest BCUT2D eigenvalue weighted by Gasteiger charge is -2.38. The molecule has 38 heavy (non-hydrogen) atoms. The van der Waals surface area contributed by atoms with Gasteiger partial charge in [0.1, 0.15) is 24.0 Å². The molecule has 0 unspecified atom stereocenters. The third kappa shape index (κ3) is 5.67. The first-order valence-corrected chi connectivity index (χ1v) is 13.2. The number of ether oxygens (including phenoxy) is 1. The molecule has 3 heterocycles. The number of anilines is 2. The van der Waals surface area contributed by atoms with Crippen molar-refractivity contribution in [3.05, 3.63) is 59.9 Å². The molecule has 0 bridgehead atoms. The molecule has 3 aromatic rings. The maximum absolute atomic E-state index is 10.7. The number of carbonyl (C=O) groups excluding carboxylic acids is 1. The molecule has 9 heteroatoms. The molecule has 0 saturated carbocycles. The van der Waals surface area contributed by atoms with Crippen LogP contribution in [0.1, 0.15) is 18.2 Å². The van der Waals surface area contributed by atoms with Crippen molar-refractivity contribution in [2.45, 2.75) is 26.0 Å². The normalized spacial score (nSPS) is 16.8. The number of phenolic OH excluding ortho intramolecular Hbond substituents is 1. The molecule has 1 saturated heterocycles. The highest BCUT2D eigenvalue weighted by molar-refractivity contribution is 5.95. The summed E-state index contributed by atoms with van der Waals surface area (Å²) in [6, 6.07) is 12.2. The van der Waals surface area contributed by atoms with Crippen molar-refractivity contribution < 1.29 is 14.6 Å². The minimum Gasteiger partial charge on any atom is -0.508 e. The van der Waals surface area contributed by atoms with Crippen LogP contribution in [0, 0.1) is 0 Å². The quantitative estimate of drug-likeness (QED) is 0.359. The molecule has 2 aromatic carbocycles. The van der Waals surface area contributed by atoms with Gasteiger partial charge in [-0.15, -0.1) is 0 Å². The number of aromatic nitrogens is 2. The predicted molar refractivity (Wildman–Crippen MR) is 150 cm³/mol. The number of likely N-dealkylation sites (N-methyl/N-ethyl adjacent to an activating group) is 1. The summed E-state index contributed by atoms with van der Waals surface area (Å²) >= 11 is 0. The molecule has 200 valence electrons. The van der Waals surface area contributed by atoms with Crippen LogP contribution in [-0.2, 0) is 17.8 Å². The smallest absolute Gasteiger partial charge is 0.318 e. The van der Waals surface area contributed by atoms with E-state index in [0.717, 1.165) is 85.5 Å². The van der Waals surface area contributed by atoms with Crippen molar-refractivity contribution in [2.24, 2.45) is 0 Å². The molecule has 2 aliphatic heterocycles. The van der Waals surface area contributed by atoms with Gasteiger partial charge in [0, 0.05) is 68.2 Å². The molecule has 0 radical (unpaired) electrons. The summed E-state index contributed by atoms with van der Waals surface area (Å²) in [7, 11) is 4.05. The van der Waals surface area contributed by atoms with Crippen LogP contribution in [0.5, 0.6) is 11.8 Å². The summed E-state index contributed by atoms with van der Waals surface area (Å²) in [5.74, 6) is 1.21. The fourth-order valence-electron chi connectivity index (χ4n) is 5.42. The zero-order valence-electron chi connectivity index (χ0n) is 22.4. The minimum atomic E-state index is -0.0593. The van der Waals surface area contributed by atoms with E-state index in [1.54, 1.807) is 12.1 Å². The standard InChI is InChI=1S/C29H36N6O3/c1-21(19-32(2)3)38-29-30-26-20-35(27-18-23(37)17-22-7-4-5-8-24(22)27)11-9-25(26)28(31-29)34-14-12-33(13-15-34)10-6-16-36/h4-8,10,16-18,21,37H,9,11-15,19-20H2,1-3H3/t21-/m1/s1. The first-order valence-electron chi connectivity index (χ1n) is 13.2. The Labute approximate surface area is 223 Å². The average Bonchev–Trinajstić information content (AvgIpc) is 2.90. The molecule has 1 N–H and O–H groups in total. The second-order valence-corrected chi connectivity index (χ2v) is 10.3. The Bertz CT molecular complexity index is 1320. The summed E-state index contributed by atoms with van der Waals surface area (Å²) in [6.07, 6.45) is 4.95. The maximum Gasteiger partial charge on any atom is 0.318 e. The molecular weight excluding hydrogens is 480 g/mol. The van der Waals surface area contributed by atoms with E-state index < -0.39 is 0 Å². The van der Waals surface area contributed by atoms with Crippen LogP contribution in [0.4, 0.5) is 11.5 Å². The second kappa shape index (κ2) is 11.3. The zero-order chi connectivity index (χ0) is 26.6. The maximum atomic E-state index is 10.7. The third-order valence-electron chi connectivity index (χ3n) is 7.11. The number of aromatic hydroxyl groups is 1. The number of nitrogens with zero attached hydrogens (tertiary/aromatic N) is 6. The van der Waals surface area contributed by atoms with E-state index in [4.69, 9.17) is 14.7 Å². The van der Waals surface area contributed by atoms with E-state index in [1.165, 1.54) is 0 Å². The summed E-state index contributed by atoms with van der Waals surface area (Å²) in [4.78, 5) is 29.4. The Morgan fingerprint density at radius 1 is 1.08 bits per heavy atom. The molecule has 2 aliphatic rings. The van der Waals surface area contributed by atoms with Gasteiger partial charge in [0.25, 0.3) is 0 Å². The number of piperazine rings is 1. The highest BCUT2D eigenvalue weighted by Gasteiger charge is 2.28. The highest BCUT2D eigenvalue weighted by Crippen LogP contribution is 2.36. The van der Waals surface area contributed by atoms with Crippen LogP contribution in [0.2, 0.25) is 0 Å². The first-order chi connectivity index (χ1) is 18.4. The van der Waals surface area contributed by atoms with Crippen molar-refractivity contribution in [3.63, 3.8) is 0 Å². The van der Waals surface area contributed by atoms with E-state index in [-0.39, 0.29) is 11.9 Å². The zero-order valence-corrected chi connectivity index (χ0v) is 22.4. The van der Waals surface area contributed by atoms with Crippen LogP contribution in [-0.4, -0.2) is 90.6 Å². The summed E-state index contributed by atoms with van der Waals surface area (Å²) < 4.78 is 6.22. The van der Waals surface area contributed by atoms with E-state index in [2.05, 4.69) is 25.7 Å². The summed E-state index contributed by atoms with van der Waals surface area (Å²) in [6.45, 7) is 7.45. The van der Waals surface area contributed by atoms with Gasteiger partial charge in [-0.2, -0.15) is 9.97 Å². The van der Waals surface area contributed by atoms with Gasteiger partial charge in [0.15, 0.2) is 0 Å². The first kappa shape index (κ1) is 25.8. The number of hydrogen-bond donors (Lipinski definition) is 1. The lowest BCUT2D eigenvalue weighted by atomic mass is 10.0. The van der Waals surface area contributed by atoms with Crippen LogP contribution in [0.3, 0.4) is 0 Å². The van der Waals surface area contributed by atoms with Gasteiger partial charge in [-0.3, -0.25) is 4.79 Å². The van der Waals surface area contributed by atoms with Crippen molar-refractivity contribution >= 4 is 28.6 Å². The fraction of sp³-hybridized carbons (Fsp3) is 0.414. The molecule has 0 amide bonds. The number of rotatable bonds is 8. The van der Waals surface area contributed by atoms with Crippen molar-refractivity contribution in [2.75, 3.05) is 63.2 Å². The predicted octanol–water partition coefficient (Wildman–Crippen LogP) is 3.06. The number of carbonyl (C=O) groups is 1. The molecule has 1 aromatic heterocycles. The largest absolute Gasteiger partial charge is 0.508 e. The molecule has 1 atom stereocenters. The number of benzene rings is 2. The molecule has 0 aliphatic carbocycles. The van der Waals surface area contributed by atoms with Crippen LogP contribution in [0.25, 0.3) is 10.8 Å². The van der Waals surface area contributed by atoms with Gasteiger partial charge in [-0.1, -0.05) is 24.3 Å². The number of fused-ring (bicyclic) bond motifs is 2. The Morgan fingerprint density at radius 2 is 1.87 bits per heavy atom. The van der Waals surface area contributed by atoms with E-state index in [9.17, 15) is 9.90 Å². The minimum absolute atomic E-state index is 0.0593. The van der Waals surface area contributed by atoms with Gasteiger partial charge in [-0.25, -0.2) is 0 Å². The Hall–Kier alpha value is -3.85. The third-order valence-corrected chi connectivity index (χ3v) is 7.11. The lowest BCUT2D eigenvalue weighted by Crippen LogP contribution is -2.45. The second-order valence-electron chi connectivity index (χ2n) is 10.3. The molecule has 1 fully saturated rings. The van der Waals surface area contributed by atoms with Gasteiger partial charge >= 0.3 is 6.01 Å². The molecule has 0 spiro atoms. The Morgan fingerprint density at radius 3 is 2.63 bits per heavy atom. The van der Waals surface area contributed by atoms with Crippen LogP contribution >= 0.6 is 0 Å². The van der Waals surface area contributed by atoms with Crippen molar-refractivity contribution in [3.8, 4) is 11.8 Å².